The Labute approximate surface area is 208 Å². The predicted octanol–water partition coefficient (Wildman–Crippen LogP) is 2.98. The first-order chi connectivity index (χ1) is 17.1. The number of nitrogens with zero attached hydrogens (tertiary/aromatic N) is 4. The van der Waals surface area contributed by atoms with Crippen LogP contribution in [0.4, 0.5) is 0 Å². The normalized spacial score (nSPS) is 27.3. The van der Waals surface area contributed by atoms with E-state index in [-0.39, 0.29) is 23.8 Å². The molecule has 1 aromatic rings. The minimum absolute atomic E-state index is 0.0501. The van der Waals surface area contributed by atoms with Gasteiger partial charge in [0.2, 0.25) is 5.91 Å². The number of hydrogen-bond donors (Lipinski definition) is 0. The van der Waals surface area contributed by atoms with E-state index in [4.69, 9.17) is 19.3 Å². The number of hydrogen-bond acceptors (Lipinski definition) is 7. The smallest absolute Gasteiger partial charge is 0.247 e. The second kappa shape index (κ2) is 10.7. The Morgan fingerprint density at radius 1 is 0.943 bits per heavy atom. The molecule has 5 rings (SSSR count). The Kier molecular flexibility index (Phi) is 7.41. The average molecular weight is 483 g/mol. The first kappa shape index (κ1) is 24.3. The zero-order valence-electron chi connectivity index (χ0n) is 21.2. The van der Waals surface area contributed by atoms with Crippen LogP contribution in [0.1, 0.15) is 38.2 Å². The van der Waals surface area contributed by atoms with Crippen LogP contribution in [0.15, 0.2) is 35.5 Å². The van der Waals surface area contributed by atoms with Crippen LogP contribution in [0.2, 0.25) is 0 Å². The molecule has 2 saturated heterocycles. The number of methoxy groups -OCH3 is 2. The quantitative estimate of drug-likeness (QED) is 0.581. The fraction of sp³-hybridized carbons (Fsp3) is 0.630. The van der Waals surface area contributed by atoms with Gasteiger partial charge in [-0.2, -0.15) is 5.10 Å². The van der Waals surface area contributed by atoms with E-state index in [1.165, 1.54) is 0 Å². The number of benzene rings is 1. The molecule has 0 spiro atoms. The summed E-state index contributed by atoms with van der Waals surface area (Å²) in [6, 6.07) is 6.10. The molecule has 0 radical (unpaired) electrons. The van der Waals surface area contributed by atoms with Gasteiger partial charge in [0.15, 0.2) is 11.5 Å². The van der Waals surface area contributed by atoms with Crippen LogP contribution in [0.3, 0.4) is 0 Å². The molecule has 1 amide bonds. The summed E-state index contributed by atoms with van der Waals surface area (Å²) < 4.78 is 16.5. The molecule has 4 aliphatic rings. The lowest BCUT2D eigenvalue weighted by atomic mass is 9.76. The lowest BCUT2D eigenvalue weighted by molar-refractivity contribution is -0.142. The lowest BCUT2D eigenvalue weighted by Gasteiger charge is -2.45. The second-order valence-corrected chi connectivity index (χ2v) is 9.94. The van der Waals surface area contributed by atoms with Crippen LogP contribution >= 0.6 is 0 Å². The van der Waals surface area contributed by atoms with Crippen molar-refractivity contribution in [2.24, 2.45) is 16.9 Å². The van der Waals surface area contributed by atoms with E-state index in [1.807, 2.05) is 23.2 Å². The number of rotatable bonds is 6. The summed E-state index contributed by atoms with van der Waals surface area (Å²) >= 11 is 0. The molecule has 2 fully saturated rings. The van der Waals surface area contributed by atoms with Crippen LogP contribution in [0.25, 0.3) is 0 Å². The number of ether oxygens (including phenoxy) is 3. The van der Waals surface area contributed by atoms with Gasteiger partial charge in [0, 0.05) is 37.7 Å². The first-order valence-electron chi connectivity index (χ1n) is 13.0. The molecule has 1 aliphatic carbocycles. The third kappa shape index (κ3) is 4.84. The van der Waals surface area contributed by atoms with Crippen LogP contribution in [-0.2, 0) is 9.53 Å². The molecule has 35 heavy (non-hydrogen) atoms. The van der Waals surface area contributed by atoms with Gasteiger partial charge >= 0.3 is 0 Å². The molecule has 0 bridgehead atoms. The summed E-state index contributed by atoms with van der Waals surface area (Å²) in [6.07, 6.45) is 8.24. The number of allylic oxidation sites excluding steroid dienone is 2. The Balaban J connectivity index is 1.36. The van der Waals surface area contributed by atoms with Gasteiger partial charge < -0.3 is 14.2 Å². The van der Waals surface area contributed by atoms with Crippen LogP contribution < -0.4 is 9.47 Å². The predicted molar refractivity (Wildman–Crippen MR) is 135 cm³/mol. The van der Waals surface area contributed by atoms with E-state index in [2.05, 4.69) is 28.9 Å². The summed E-state index contributed by atoms with van der Waals surface area (Å²) in [6.45, 7) is 7.85. The molecule has 1 aromatic carbocycles. The zero-order valence-corrected chi connectivity index (χ0v) is 21.2. The standard InChI is InChI=1S/C27H38N4O4/c1-19(30-14-16-35-17-15-30)29-12-10-21(11-13-29)31-27(32)23-7-5-4-6-22(23)26(28-31)20-8-9-24(33-2)25(18-20)34-3/h4-5,8-9,18-19,21-23H,6-7,10-17H2,1-3H3/t19?,22-,23+/m0/s1. The van der Waals surface area contributed by atoms with Gasteiger partial charge in [0.1, 0.15) is 0 Å². The Morgan fingerprint density at radius 3 is 2.29 bits per heavy atom. The average Bonchev–Trinajstić information content (AvgIpc) is 2.93. The number of hydrazone groups is 1. The molecule has 190 valence electrons. The third-order valence-corrected chi connectivity index (χ3v) is 8.17. The van der Waals surface area contributed by atoms with E-state index in [0.29, 0.717) is 17.7 Å². The van der Waals surface area contributed by atoms with Crippen molar-refractivity contribution in [3.05, 3.63) is 35.9 Å². The largest absolute Gasteiger partial charge is 0.493 e. The van der Waals surface area contributed by atoms with E-state index in [1.54, 1.807) is 14.2 Å². The number of fused-ring (bicyclic) bond motifs is 1. The molecule has 3 atom stereocenters. The highest BCUT2D eigenvalue weighted by molar-refractivity contribution is 6.07. The molecule has 0 N–H and O–H groups in total. The Morgan fingerprint density at radius 2 is 1.60 bits per heavy atom. The van der Waals surface area contributed by atoms with Crippen LogP contribution in [0, 0.1) is 11.8 Å². The van der Waals surface area contributed by atoms with Crippen molar-refractivity contribution in [1.29, 1.82) is 0 Å². The maximum atomic E-state index is 13.6. The summed E-state index contributed by atoms with van der Waals surface area (Å²) in [5.41, 5.74) is 1.99. The van der Waals surface area contributed by atoms with Crippen molar-refractivity contribution in [3.8, 4) is 11.5 Å². The van der Waals surface area contributed by atoms with Gasteiger partial charge in [0.25, 0.3) is 0 Å². The maximum Gasteiger partial charge on any atom is 0.247 e. The molecule has 0 saturated carbocycles. The number of morpholine rings is 1. The molecular weight excluding hydrogens is 444 g/mol. The SMILES string of the molecule is COc1ccc(C2=NN(C3CCN(C(C)N4CCOCC4)CC3)C(=O)[C@@H]3CC=CC[C@H]23)cc1OC. The van der Waals surface area contributed by atoms with E-state index in [0.717, 1.165) is 76.4 Å². The van der Waals surface area contributed by atoms with Crippen molar-refractivity contribution in [1.82, 2.24) is 14.8 Å². The van der Waals surface area contributed by atoms with Gasteiger partial charge in [-0.05, 0) is 50.8 Å². The monoisotopic (exact) mass is 482 g/mol. The molecule has 8 heteroatoms. The van der Waals surface area contributed by atoms with Crippen molar-refractivity contribution in [2.75, 3.05) is 53.6 Å². The Hall–Kier alpha value is -2.42. The summed E-state index contributed by atoms with van der Waals surface area (Å²) in [5.74, 6) is 1.62. The van der Waals surface area contributed by atoms with E-state index in [9.17, 15) is 4.79 Å². The topological polar surface area (TPSA) is 66.8 Å². The number of piperidine rings is 1. The molecule has 8 nitrogen and oxygen atoms in total. The van der Waals surface area contributed by atoms with Crippen LogP contribution in [0.5, 0.6) is 11.5 Å². The highest BCUT2D eigenvalue weighted by Crippen LogP contribution is 2.38. The van der Waals surface area contributed by atoms with Crippen molar-refractivity contribution >= 4 is 11.6 Å². The van der Waals surface area contributed by atoms with Crippen molar-refractivity contribution in [2.45, 2.75) is 44.8 Å². The second-order valence-electron chi connectivity index (χ2n) is 9.94. The zero-order chi connectivity index (χ0) is 24.4. The number of likely N-dealkylation sites (tertiary alicyclic amines) is 1. The number of carbonyl (C=O) groups is 1. The molecular formula is C27H38N4O4. The summed E-state index contributed by atoms with van der Waals surface area (Å²) in [7, 11) is 3.29. The molecule has 3 aliphatic heterocycles. The van der Waals surface area contributed by atoms with Crippen molar-refractivity contribution < 1.29 is 19.0 Å². The highest BCUT2D eigenvalue weighted by atomic mass is 16.5. The lowest BCUT2D eigenvalue weighted by Crippen LogP contribution is -2.56. The van der Waals surface area contributed by atoms with Gasteiger partial charge in [-0.25, -0.2) is 5.01 Å². The summed E-state index contributed by atoms with van der Waals surface area (Å²) in [5, 5.41) is 6.89. The fourth-order valence-corrected chi connectivity index (χ4v) is 6.01. The highest BCUT2D eigenvalue weighted by Gasteiger charge is 2.43. The van der Waals surface area contributed by atoms with Gasteiger partial charge in [0.05, 0.1) is 51.3 Å². The van der Waals surface area contributed by atoms with Gasteiger partial charge in [-0.1, -0.05) is 12.2 Å². The summed E-state index contributed by atoms with van der Waals surface area (Å²) in [4.78, 5) is 18.7. The molecule has 3 heterocycles. The minimum Gasteiger partial charge on any atom is -0.493 e. The Bertz CT molecular complexity index is 966. The molecule has 1 unspecified atom stereocenters. The van der Waals surface area contributed by atoms with Gasteiger partial charge in [-0.3, -0.25) is 14.6 Å². The third-order valence-electron chi connectivity index (χ3n) is 8.17. The number of carbonyl (C=O) groups excluding carboxylic acids is 1. The van der Waals surface area contributed by atoms with Crippen molar-refractivity contribution in [3.63, 3.8) is 0 Å². The first-order valence-corrected chi connectivity index (χ1v) is 13.0. The fourth-order valence-electron chi connectivity index (χ4n) is 6.01. The van der Waals surface area contributed by atoms with E-state index >= 15 is 0 Å². The molecule has 0 aromatic heterocycles. The van der Waals surface area contributed by atoms with Gasteiger partial charge in [-0.15, -0.1) is 0 Å². The minimum atomic E-state index is -0.0501. The van der Waals surface area contributed by atoms with E-state index < -0.39 is 0 Å². The van der Waals surface area contributed by atoms with Crippen LogP contribution in [-0.4, -0.2) is 92.2 Å². The maximum absolute atomic E-state index is 13.6. The number of amides is 1.